The molecule has 0 heterocycles. The third kappa shape index (κ3) is 6.28. The number of thioether (sulfide) groups is 1. The molecule has 0 aliphatic heterocycles. The van der Waals surface area contributed by atoms with Gasteiger partial charge >= 0.3 is 0 Å². The quantitative estimate of drug-likeness (QED) is 0.140. The average molecular weight is 518 g/mol. The first kappa shape index (κ1) is 23.1. The number of Topliss-reactive ketones (excluding diaryl/α,β-unsaturated/α-hetero) is 1. The molecule has 0 spiro atoms. The van der Waals surface area contributed by atoms with Crippen molar-refractivity contribution < 1.29 is 9.53 Å². The molecule has 4 rings (SSSR count). The van der Waals surface area contributed by atoms with Crippen LogP contribution in [0.15, 0.2) is 112 Å². The van der Waals surface area contributed by atoms with Gasteiger partial charge in [-0.15, -0.1) is 11.8 Å². The highest BCUT2D eigenvalue weighted by Crippen LogP contribution is 2.45. The summed E-state index contributed by atoms with van der Waals surface area (Å²) in [6.45, 7) is 0.451. The lowest BCUT2D eigenvalue weighted by Gasteiger charge is -2.21. The zero-order valence-electron chi connectivity index (χ0n) is 18.0. The maximum absolute atomic E-state index is 13.2. The minimum Gasteiger partial charge on any atom is -0.489 e. The summed E-state index contributed by atoms with van der Waals surface area (Å²) in [6.07, 6.45) is 0.321. The van der Waals surface area contributed by atoms with Gasteiger partial charge in [-0.1, -0.05) is 88.7 Å². The SMILES string of the molecule is Nc1ccccc1SC(CC(=O)c1ccccc1)c1cc(Br)ccc1OCc1ccccc1. The molecule has 0 aromatic heterocycles. The van der Waals surface area contributed by atoms with Gasteiger partial charge in [0.05, 0.1) is 0 Å². The number of hydrogen-bond donors (Lipinski definition) is 1. The fourth-order valence-corrected chi connectivity index (χ4v) is 5.10. The van der Waals surface area contributed by atoms with Crippen LogP contribution in [0.5, 0.6) is 5.75 Å². The Bertz CT molecular complexity index is 1220. The fourth-order valence-electron chi connectivity index (χ4n) is 3.50. The van der Waals surface area contributed by atoms with E-state index < -0.39 is 0 Å². The summed E-state index contributed by atoms with van der Waals surface area (Å²) >= 11 is 5.19. The fraction of sp³-hybridized carbons (Fsp3) is 0.107. The van der Waals surface area contributed by atoms with Crippen molar-refractivity contribution in [2.75, 3.05) is 5.73 Å². The van der Waals surface area contributed by atoms with Gasteiger partial charge in [-0.2, -0.15) is 0 Å². The van der Waals surface area contributed by atoms with Crippen molar-refractivity contribution in [2.45, 2.75) is 23.2 Å². The lowest BCUT2D eigenvalue weighted by molar-refractivity contribution is 0.0981. The first-order valence-corrected chi connectivity index (χ1v) is 12.3. The van der Waals surface area contributed by atoms with E-state index in [1.54, 1.807) is 11.8 Å². The minimum atomic E-state index is -0.175. The first-order chi connectivity index (χ1) is 16.1. The second-order valence-corrected chi connectivity index (χ2v) is 9.75. The smallest absolute Gasteiger partial charge is 0.164 e. The summed E-state index contributed by atoms with van der Waals surface area (Å²) in [4.78, 5) is 14.1. The first-order valence-electron chi connectivity index (χ1n) is 10.7. The molecule has 0 aliphatic carbocycles. The largest absolute Gasteiger partial charge is 0.489 e. The monoisotopic (exact) mass is 517 g/mol. The van der Waals surface area contributed by atoms with Crippen molar-refractivity contribution >= 4 is 39.2 Å². The molecule has 1 unspecified atom stereocenters. The number of benzene rings is 4. The Balaban J connectivity index is 1.67. The molecule has 0 amide bonds. The van der Waals surface area contributed by atoms with Crippen molar-refractivity contribution in [3.63, 3.8) is 0 Å². The Hall–Kier alpha value is -3.02. The summed E-state index contributed by atoms with van der Waals surface area (Å²) in [6, 6.07) is 33.1. The second-order valence-electron chi connectivity index (χ2n) is 7.59. The van der Waals surface area contributed by atoms with Gasteiger partial charge in [0.2, 0.25) is 0 Å². The van der Waals surface area contributed by atoms with Crippen LogP contribution >= 0.6 is 27.7 Å². The summed E-state index contributed by atoms with van der Waals surface area (Å²) in [5.41, 5.74) is 9.68. The van der Waals surface area contributed by atoms with Gasteiger partial charge < -0.3 is 10.5 Å². The molecule has 0 radical (unpaired) electrons. The molecular weight excluding hydrogens is 494 g/mol. The molecule has 4 aromatic rings. The number of ketones is 1. The minimum absolute atomic E-state index is 0.0802. The highest BCUT2D eigenvalue weighted by molar-refractivity contribution is 9.10. The average Bonchev–Trinajstić information content (AvgIpc) is 2.85. The van der Waals surface area contributed by atoms with Gasteiger partial charge in [0.15, 0.2) is 5.78 Å². The molecule has 1 atom stereocenters. The molecule has 0 fully saturated rings. The predicted octanol–water partition coefficient (Wildman–Crippen LogP) is 7.72. The number of carbonyl (C=O) groups is 1. The number of hydrogen-bond acceptors (Lipinski definition) is 4. The highest BCUT2D eigenvalue weighted by atomic mass is 79.9. The van der Waals surface area contributed by atoms with Crippen LogP contribution < -0.4 is 10.5 Å². The molecule has 0 saturated heterocycles. The van der Waals surface area contributed by atoms with Crippen LogP contribution in [-0.4, -0.2) is 5.78 Å². The summed E-state index contributed by atoms with van der Waals surface area (Å²) in [7, 11) is 0. The van der Waals surface area contributed by atoms with Crippen molar-refractivity contribution in [2.24, 2.45) is 0 Å². The Morgan fingerprint density at radius 3 is 2.27 bits per heavy atom. The number of para-hydroxylation sites is 1. The van der Waals surface area contributed by atoms with Crippen molar-refractivity contribution in [3.8, 4) is 5.75 Å². The lowest BCUT2D eigenvalue weighted by Crippen LogP contribution is -2.08. The van der Waals surface area contributed by atoms with Crippen LogP contribution in [0.1, 0.15) is 33.2 Å². The topological polar surface area (TPSA) is 52.3 Å². The standard InChI is InChI=1S/C28H24BrNO2S/c29-22-15-16-26(32-19-20-9-3-1-4-10-20)23(17-22)28(33-27-14-8-7-13-24(27)30)18-25(31)21-11-5-2-6-12-21/h1-17,28H,18-19,30H2. The number of halogens is 1. The van der Waals surface area contributed by atoms with Crippen LogP contribution in [0.2, 0.25) is 0 Å². The van der Waals surface area contributed by atoms with Gasteiger partial charge in [0.25, 0.3) is 0 Å². The molecule has 166 valence electrons. The molecular formula is C28H24BrNO2S. The number of nitrogens with two attached hydrogens (primary N) is 1. The van der Waals surface area contributed by atoms with E-state index in [1.807, 2.05) is 103 Å². The molecule has 0 saturated carbocycles. The van der Waals surface area contributed by atoms with Crippen LogP contribution in [0.25, 0.3) is 0 Å². The van der Waals surface area contributed by atoms with E-state index in [9.17, 15) is 4.79 Å². The van der Waals surface area contributed by atoms with Crippen LogP contribution in [0.3, 0.4) is 0 Å². The third-order valence-corrected chi connectivity index (χ3v) is 7.03. The number of nitrogen functional groups attached to an aromatic ring is 1. The Morgan fingerprint density at radius 1 is 0.879 bits per heavy atom. The molecule has 0 aliphatic rings. The second kappa shape index (κ2) is 11.2. The van der Waals surface area contributed by atoms with Crippen molar-refractivity contribution in [1.29, 1.82) is 0 Å². The van der Waals surface area contributed by atoms with E-state index in [1.165, 1.54) is 0 Å². The number of carbonyl (C=O) groups excluding carboxylic acids is 1. The molecule has 2 N–H and O–H groups in total. The molecule has 4 aromatic carbocycles. The van der Waals surface area contributed by atoms with E-state index in [0.717, 1.165) is 26.2 Å². The summed E-state index contributed by atoms with van der Waals surface area (Å²) in [5, 5.41) is -0.175. The number of rotatable bonds is 9. The van der Waals surface area contributed by atoms with E-state index in [2.05, 4.69) is 15.9 Å². The van der Waals surface area contributed by atoms with E-state index in [0.29, 0.717) is 24.3 Å². The van der Waals surface area contributed by atoms with Gasteiger partial charge in [0.1, 0.15) is 12.4 Å². The van der Waals surface area contributed by atoms with Gasteiger partial charge in [-0.25, -0.2) is 0 Å². The van der Waals surface area contributed by atoms with Gasteiger partial charge in [-0.05, 0) is 35.9 Å². The summed E-state index contributed by atoms with van der Waals surface area (Å²) in [5.74, 6) is 0.839. The molecule has 33 heavy (non-hydrogen) atoms. The summed E-state index contributed by atoms with van der Waals surface area (Å²) < 4.78 is 7.17. The van der Waals surface area contributed by atoms with E-state index >= 15 is 0 Å². The van der Waals surface area contributed by atoms with Crippen LogP contribution in [0.4, 0.5) is 5.69 Å². The zero-order chi connectivity index (χ0) is 23.0. The highest BCUT2D eigenvalue weighted by Gasteiger charge is 2.23. The van der Waals surface area contributed by atoms with Crippen LogP contribution in [0, 0.1) is 0 Å². The molecule has 0 bridgehead atoms. The van der Waals surface area contributed by atoms with Crippen molar-refractivity contribution in [1.82, 2.24) is 0 Å². The van der Waals surface area contributed by atoms with E-state index in [-0.39, 0.29) is 11.0 Å². The normalized spacial score (nSPS) is 11.7. The Morgan fingerprint density at radius 2 is 1.55 bits per heavy atom. The lowest BCUT2D eigenvalue weighted by atomic mass is 10.0. The molecule has 3 nitrogen and oxygen atoms in total. The number of anilines is 1. The number of ether oxygens (including phenoxy) is 1. The Kier molecular flexibility index (Phi) is 7.87. The predicted molar refractivity (Wildman–Crippen MR) is 140 cm³/mol. The molecule has 5 heteroatoms. The zero-order valence-corrected chi connectivity index (χ0v) is 20.4. The van der Waals surface area contributed by atoms with Gasteiger partial charge in [-0.3, -0.25) is 4.79 Å². The van der Waals surface area contributed by atoms with Crippen LogP contribution in [-0.2, 0) is 6.61 Å². The maximum Gasteiger partial charge on any atom is 0.164 e. The van der Waals surface area contributed by atoms with Crippen molar-refractivity contribution in [3.05, 3.63) is 124 Å². The van der Waals surface area contributed by atoms with Gasteiger partial charge in [0, 0.05) is 37.9 Å². The Labute approximate surface area is 207 Å². The maximum atomic E-state index is 13.2. The van der Waals surface area contributed by atoms with E-state index in [4.69, 9.17) is 10.5 Å². The third-order valence-electron chi connectivity index (χ3n) is 5.21.